The molecule has 0 bridgehead atoms. The van der Waals surface area contributed by atoms with E-state index in [-0.39, 0.29) is 24.0 Å². The molecule has 2 N–H and O–H groups in total. The zero-order chi connectivity index (χ0) is 17.2. The lowest BCUT2D eigenvalue weighted by molar-refractivity contribution is 0.0830. The Balaban J connectivity index is 1.86. The van der Waals surface area contributed by atoms with Gasteiger partial charge in [-0.2, -0.15) is 0 Å². The molecule has 2 atom stereocenters. The van der Waals surface area contributed by atoms with E-state index in [0.717, 1.165) is 36.1 Å². The Labute approximate surface area is 142 Å². The molecule has 1 aliphatic carbocycles. The van der Waals surface area contributed by atoms with Gasteiger partial charge < -0.3 is 10.4 Å². The van der Waals surface area contributed by atoms with Gasteiger partial charge in [0.1, 0.15) is 0 Å². The van der Waals surface area contributed by atoms with Gasteiger partial charge in [0.05, 0.1) is 12.3 Å². The molecule has 1 saturated carbocycles. The standard InChI is InChI=1S/C20H24N2O2/c1-14-15(17-9-3-4-12-21-17)7-5-8-16(14)19(24)22-18-10-6-11-20(18,2)13-23/h3-5,7-9,12,18,23H,6,10-11,13H2,1-2H3,(H,22,24). The number of pyridine rings is 1. The lowest BCUT2D eigenvalue weighted by atomic mass is 9.85. The molecule has 4 heteroatoms. The average molecular weight is 324 g/mol. The van der Waals surface area contributed by atoms with E-state index >= 15 is 0 Å². The molecule has 1 amide bonds. The number of nitrogens with zero attached hydrogens (tertiary/aromatic N) is 1. The van der Waals surface area contributed by atoms with Crippen LogP contribution in [0.15, 0.2) is 42.6 Å². The average Bonchev–Trinajstić information content (AvgIpc) is 2.97. The summed E-state index contributed by atoms with van der Waals surface area (Å²) in [4.78, 5) is 17.2. The largest absolute Gasteiger partial charge is 0.396 e. The molecule has 1 aliphatic rings. The van der Waals surface area contributed by atoms with Crippen molar-refractivity contribution in [2.45, 2.75) is 39.2 Å². The number of rotatable bonds is 4. The number of carbonyl (C=O) groups excluding carboxylic acids is 1. The van der Waals surface area contributed by atoms with Crippen molar-refractivity contribution in [3.05, 3.63) is 53.7 Å². The van der Waals surface area contributed by atoms with E-state index in [1.165, 1.54) is 0 Å². The highest BCUT2D eigenvalue weighted by Crippen LogP contribution is 2.37. The minimum absolute atomic E-state index is 0.0212. The number of hydrogen-bond acceptors (Lipinski definition) is 3. The summed E-state index contributed by atoms with van der Waals surface area (Å²) in [5, 5.41) is 12.8. The van der Waals surface area contributed by atoms with Gasteiger partial charge in [-0.25, -0.2) is 0 Å². The highest BCUT2D eigenvalue weighted by molar-refractivity contribution is 5.97. The topological polar surface area (TPSA) is 62.2 Å². The number of nitrogens with one attached hydrogen (secondary N) is 1. The van der Waals surface area contributed by atoms with Crippen molar-refractivity contribution >= 4 is 5.91 Å². The summed E-state index contributed by atoms with van der Waals surface area (Å²) in [6.07, 6.45) is 4.66. The van der Waals surface area contributed by atoms with Gasteiger partial charge in [-0.1, -0.05) is 31.5 Å². The van der Waals surface area contributed by atoms with Crippen LogP contribution in [0.4, 0.5) is 0 Å². The van der Waals surface area contributed by atoms with Crippen molar-refractivity contribution < 1.29 is 9.90 Å². The Hall–Kier alpha value is -2.20. The predicted molar refractivity (Wildman–Crippen MR) is 94.7 cm³/mol. The molecule has 24 heavy (non-hydrogen) atoms. The summed E-state index contributed by atoms with van der Waals surface area (Å²) >= 11 is 0. The van der Waals surface area contributed by atoms with E-state index in [1.54, 1.807) is 6.20 Å². The molecule has 0 spiro atoms. The third kappa shape index (κ3) is 3.06. The number of amides is 1. The molecular formula is C20H24N2O2. The van der Waals surface area contributed by atoms with Crippen molar-refractivity contribution in [1.29, 1.82) is 0 Å². The van der Waals surface area contributed by atoms with Crippen molar-refractivity contribution in [2.75, 3.05) is 6.61 Å². The molecule has 1 heterocycles. The van der Waals surface area contributed by atoms with Gasteiger partial charge in [0.25, 0.3) is 5.91 Å². The first-order chi connectivity index (χ1) is 11.5. The van der Waals surface area contributed by atoms with E-state index in [0.29, 0.717) is 5.56 Å². The fourth-order valence-electron chi connectivity index (χ4n) is 3.59. The summed E-state index contributed by atoms with van der Waals surface area (Å²) in [5.41, 5.74) is 3.22. The third-order valence-electron chi connectivity index (χ3n) is 5.27. The van der Waals surface area contributed by atoms with Crippen LogP contribution >= 0.6 is 0 Å². The second-order valence-electron chi connectivity index (χ2n) is 6.92. The lowest BCUT2D eigenvalue weighted by Gasteiger charge is -2.30. The normalized spacial score (nSPS) is 23.2. The monoisotopic (exact) mass is 324 g/mol. The number of hydrogen-bond donors (Lipinski definition) is 2. The van der Waals surface area contributed by atoms with Gasteiger partial charge in [-0.3, -0.25) is 9.78 Å². The number of carbonyl (C=O) groups is 1. The minimum atomic E-state index is -0.220. The zero-order valence-electron chi connectivity index (χ0n) is 14.2. The molecule has 0 radical (unpaired) electrons. The minimum Gasteiger partial charge on any atom is -0.396 e. The smallest absolute Gasteiger partial charge is 0.251 e. The SMILES string of the molecule is Cc1c(C(=O)NC2CCCC2(C)CO)cccc1-c1ccccn1. The molecule has 0 aliphatic heterocycles. The van der Waals surface area contributed by atoms with Gasteiger partial charge in [0.15, 0.2) is 0 Å². The van der Waals surface area contributed by atoms with Crippen LogP contribution in [0.1, 0.15) is 42.1 Å². The second-order valence-corrected chi connectivity index (χ2v) is 6.92. The fourth-order valence-corrected chi connectivity index (χ4v) is 3.59. The molecule has 1 aromatic heterocycles. The lowest BCUT2D eigenvalue weighted by Crippen LogP contribution is -2.44. The maximum atomic E-state index is 12.8. The van der Waals surface area contributed by atoms with Gasteiger partial charge in [0, 0.05) is 28.8 Å². The van der Waals surface area contributed by atoms with Gasteiger partial charge >= 0.3 is 0 Å². The van der Waals surface area contributed by atoms with Crippen LogP contribution in [0.2, 0.25) is 0 Å². The molecule has 2 aromatic rings. The number of aliphatic hydroxyl groups is 1. The van der Waals surface area contributed by atoms with Crippen molar-refractivity contribution in [3.8, 4) is 11.3 Å². The predicted octanol–water partition coefficient (Wildman–Crippen LogP) is 3.34. The highest BCUT2D eigenvalue weighted by atomic mass is 16.3. The van der Waals surface area contributed by atoms with Gasteiger partial charge in [0.2, 0.25) is 0 Å². The number of benzene rings is 1. The molecule has 126 valence electrons. The first-order valence-corrected chi connectivity index (χ1v) is 8.48. The van der Waals surface area contributed by atoms with Crippen LogP contribution in [0.3, 0.4) is 0 Å². The fraction of sp³-hybridized carbons (Fsp3) is 0.400. The van der Waals surface area contributed by atoms with E-state index in [4.69, 9.17) is 0 Å². The number of aromatic nitrogens is 1. The highest BCUT2D eigenvalue weighted by Gasteiger charge is 2.39. The Bertz CT molecular complexity index is 730. The van der Waals surface area contributed by atoms with E-state index in [9.17, 15) is 9.90 Å². The summed E-state index contributed by atoms with van der Waals surface area (Å²) in [6.45, 7) is 4.10. The van der Waals surface area contributed by atoms with Gasteiger partial charge in [-0.15, -0.1) is 0 Å². The van der Waals surface area contributed by atoms with Crippen LogP contribution in [0, 0.1) is 12.3 Å². The summed E-state index contributed by atoms with van der Waals surface area (Å²) in [5.74, 6) is -0.0724. The van der Waals surface area contributed by atoms with E-state index in [1.807, 2.05) is 50.2 Å². The van der Waals surface area contributed by atoms with Gasteiger partial charge in [-0.05, 0) is 43.5 Å². The van der Waals surface area contributed by atoms with Crippen molar-refractivity contribution in [1.82, 2.24) is 10.3 Å². The van der Waals surface area contributed by atoms with Crippen LogP contribution in [-0.4, -0.2) is 28.6 Å². The molecule has 3 rings (SSSR count). The van der Waals surface area contributed by atoms with Crippen LogP contribution < -0.4 is 5.32 Å². The molecule has 2 unspecified atom stereocenters. The molecule has 1 aromatic carbocycles. The zero-order valence-corrected chi connectivity index (χ0v) is 14.2. The molecule has 0 saturated heterocycles. The maximum Gasteiger partial charge on any atom is 0.251 e. The Morgan fingerprint density at radius 2 is 2.17 bits per heavy atom. The Morgan fingerprint density at radius 3 is 2.88 bits per heavy atom. The molecule has 4 nitrogen and oxygen atoms in total. The Morgan fingerprint density at radius 1 is 1.33 bits per heavy atom. The van der Waals surface area contributed by atoms with Crippen LogP contribution in [0.25, 0.3) is 11.3 Å². The van der Waals surface area contributed by atoms with Crippen LogP contribution in [-0.2, 0) is 0 Å². The first kappa shape index (κ1) is 16.7. The summed E-state index contributed by atoms with van der Waals surface area (Å²) in [7, 11) is 0. The summed E-state index contributed by atoms with van der Waals surface area (Å²) in [6, 6.07) is 11.5. The molecular weight excluding hydrogens is 300 g/mol. The maximum absolute atomic E-state index is 12.8. The van der Waals surface area contributed by atoms with Crippen molar-refractivity contribution in [2.24, 2.45) is 5.41 Å². The quantitative estimate of drug-likeness (QED) is 0.907. The van der Waals surface area contributed by atoms with E-state index in [2.05, 4.69) is 10.3 Å². The van der Waals surface area contributed by atoms with E-state index < -0.39 is 0 Å². The molecule has 1 fully saturated rings. The number of aliphatic hydroxyl groups excluding tert-OH is 1. The van der Waals surface area contributed by atoms with Crippen molar-refractivity contribution in [3.63, 3.8) is 0 Å². The van der Waals surface area contributed by atoms with Crippen LogP contribution in [0.5, 0.6) is 0 Å². The first-order valence-electron chi connectivity index (χ1n) is 8.48. The third-order valence-corrected chi connectivity index (χ3v) is 5.27. The summed E-state index contributed by atoms with van der Waals surface area (Å²) < 4.78 is 0. The second kappa shape index (κ2) is 6.73. The Kier molecular flexibility index (Phi) is 4.67.